The summed E-state index contributed by atoms with van der Waals surface area (Å²) in [6.45, 7) is 17.6. The third-order valence-electron chi connectivity index (χ3n) is 14.8. The van der Waals surface area contributed by atoms with Gasteiger partial charge in [0.25, 0.3) is 0 Å². The van der Waals surface area contributed by atoms with E-state index >= 15 is 0 Å². The first-order valence-corrected chi connectivity index (χ1v) is 17.4. The molecule has 0 radical (unpaired) electrons. The van der Waals surface area contributed by atoms with Crippen LogP contribution in [0, 0.1) is 55.5 Å². The van der Waals surface area contributed by atoms with E-state index in [1.54, 1.807) is 12.1 Å². The first-order valence-electron chi connectivity index (χ1n) is 17.4. The quantitative estimate of drug-likeness (QED) is 0.244. The van der Waals surface area contributed by atoms with Gasteiger partial charge in [-0.1, -0.05) is 54.0 Å². The average molecular weight is 635 g/mol. The Bertz CT molecular complexity index is 1470. The molecule has 1 aromatic rings. The lowest BCUT2D eigenvalue weighted by molar-refractivity contribution is -0.991. The second-order valence-corrected chi connectivity index (χ2v) is 17.5. The summed E-state index contributed by atoms with van der Waals surface area (Å²) >= 11 is 0. The van der Waals surface area contributed by atoms with Crippen LogP contribution in [-0.2, 0) is 19.1 Å². The number of carbonyl (C=O) groups is 3. The van der Waals surface area contributed by atoms with Crippen molar-refractivity contribution in [3.63, 3.8) is 0 Å². The van der Waals surface area contributed by atoms with Crippen LogP contribution in [0.4, 0.5) is 11.4 Å². The Labute approximate surface area is 274 Å². The van der Waals surface area contributed by atoms with E-state index in [9.17, 15) is 24.8 Å². The van der Waals surface area contributed by atoms with Crippen molar-refractivity contribution >= 4 is 29.0 Å². The Balaban J connectivity index is 1.32. The molecule has 1 aromatic carbocycles. The SMILES string of the molecule is CC(=O)O[C@@H]1CC[C@]2(C)[C@H](CC[C@]3(C)[C@@H]2C(=O)C=C2[C@@H]4C[C@](C)(C(=O)Nc5ccc([NH+]([O-])O)cc5)CC[C@@]4(C)CC[C@@]23C)C1(C)C. The summed E-state index contributed by atoms with van der Waals surface area (Å²) in [5, 5.41) is 22.6. The van der Waals surface area contributed by atoms with E-state index in [2.05, 4.69) is 53.8 Å². The predicted octanol–water partition coefficient (Wildman–Crippen LogP) is 6.94. The summed E-state index contributed by atoms with van der Waals surface area (Å²) in [7, 11) is 0. The standard InChI is InChI=1S/C38H54N2O6/c1-23(41)46-30-14-15-36(6)29(33(30,2)3)13-16-38(8)31(36)28(42)21-26-27-22-35(5,18-17-34(27,4)19-20-37(26,38)7)32(43)39-24-9-11-25(12-10-24)40(44)45/h9-12,21,27,29-31,40,44H,13-20,22H2,1-8H3,(H,39,43)/t27-,29+,30+,31+,34-,35+,36+,37-,38+/m0/s1. The maximum Gasteiger partial charge on any atom is 0.302 e. The topological polar surface area (TPSA) is 120 Å². The number of carbonyl (C=O) groups excluding carboxylic acids is 3. The van der Waals surface area contributed by atoms with Crippen molar-refractivity contribution in [2.24, 2.45) is 50.2 Å². The van der Waals surface area contributed by atoms with Crippen molar-refractivity contribution < 1.29 is 29.6 Å². The molecule has 0 aliphatic heterocycles. The van der Waals surface area contributed by atoms with Crippen LogP contribution in [0.5, 0.6) is 0 Å². The largest absolute Gasteiger partial charge is 0.595 e. The molecule has 252 valence electrons. The molecule has 0 bridgehead atoms. The molecule has 3 N–H and O–H groups in total. The molecule has 8 heteroatoms. The van der Waals surface area contributed by atoms with Gasteiger partial charge in [-0.2, -0.15) is 5.23 Å². The van der Waals surface area contributed by atoms with Gasteiger partial charge in [-0.05, 0) is 109 Å². The number of allylic oxidation sites excluding steroid dienone is 2. The normalized spacial score (nSPS) is 43.5. The van der Waals surface area contributed by atoms with Gasteiger partial charge in [0.1, 0.15) is 6.10 Å². The zero-order valence-electron chi connectivity index (χ0n) is 29.0. The molecule has 5 aliphatic rings. The number of quaternary nitrogens is 1. The van der Waals surface area contributed by atoms with Crippen molar-refractivity contribution in [3.8, 4) is 0 Å². The molecular weight excluding hydrogens is 580 g/mol. The van der Waals surface area contributed by atoms with Crippen LogP contribution >= 0.6 is 0 Å². The molecule has 10 atom stereocenters. The highest BCUT2D eigenvalue weighted by molar-refractivity contribution is 5.97. The zero-order chi connectivity index (χ0) is 33.7. The van der Waals surface area contributed by atoms with E-state index in [1.165, 1.54) is 24.6 Å². The number of hydrogen-bond donors (Lipinski definition) is 3. The number of amides is 1. The third kappa shape index (κ3) is 4.75. The highest BCUT2D eigenvalue weighted by atomic mass is 16.8. The summed E-state index contributed by atoms with van der Waals surface area (Å²) in [5.74, 6) is 0.291. The van der Waals surface area contributed by atoms with E-state index in [0.29, 0.717) is 12.1 Å². The third-order valence-corrected chi connectivity index (χ3v) is 14.8. The number of ether oxygens (including phenoxy) is 1. The van der Waals surface area contributed by atoms with Crippen LogP contribution in [0.1, 0.15) is 113 Å². The summed E-state index contributed by atoms with van der Waals surface area (Å²) in [6, 6.07) is 6.33. The molecule has 6 rings (SSSR count). The van der Waals surface area contributed by atoms with E-state index in [1.807, 2.05) is 6.08 Å². The lowest BCUT2D eigenvalue weighted by Crippen LogP contribution is -2.99. The van der Waals surface area contributed by atoms with Gasteiger partial charge in [0.15, 0.2) is 11.5 Å². The second-order valence-electron chi connectivity index (χ2n) is 17.5. The van der Waals surface area contributed by atoms with Gasteiger partial charge in [0, 0.05) is 41.5 Å². The summed E-state index contributed by atoms with van der Waals surface area (Å²) < 4.78 is 5.86. The number of benzene rings is 1. The molecule has 0 spiro atoms. The van der Waals surface area contributed by atoms with E-state index in [4.69, 9.17) is 4.74 Å². The fourth-order valence-corrected chi connectivity index (χ4v) is 11.8. The van der Waals surface area contributed by atoms with Crippen molar-refractivity contribution in [3.05, 3.63) is 41.1 Å². The van der Waals surface area contributed by atoms with Crippen LogP contribution in [0.3, 0.4) is 0 Å². The maximum atomic E-state index is 14.7. The number of esters is 1. The summed E-state index contributed by atoms with van der Waals surface area (Å²) in [6.07, 6.45) is 10.0. The molecule has 4 saturated carbocycles. The van der Waals surface area contributed by atoms with E-state index < -0.39 is 10.6 Å². The second kappa shape index (κ2) is 10.7. The Morgan fingerprint density at radius 3 is 2.22 bits per heavy atom. The number of nitrogens with one attached hydrogen (secondary N) is 2. The van der Waals surface area contributed by atoms with Crippen LogP contribution in [0.15, 0.2) is 35.9 Å². The van der Waals surface area contributed by atoms with Gasteiger partial charge in [-0.15, -0.1) is 0 Å². The van der Waals surface area contributed by atoms with Gasteiger partial charge >= 0.3 is 5.97 Å². The molecule has 5 aliphatic carbocycles. The van der Waals surface area contributed by atoms with Crippen molar-refractivity contribution in [2.45, 2.75) is 119 Å². The van der Waals surface area contributed by atoms with Crippen molar-refractivity contribution in [2.75, 3.05) is 5.32 Å². The highest BCUT2D eigenvalue weighted by Gasteiger charge is 2.70. The van der Waals surface area contributed by atoms with Gasteiger partial charge in [0.2, 0.25) is 5.91 Å². The maximum absolute atomic E-state index is 14.7. The summed E-state index contributed by atoms with van der Waals surface area (Å²) in [4.78, 5) is 40.6. The van der Waals surface area contributed by atoms with Gasteiger partial charge in [0.05, 0.1) is 0 Å². The molecular formula is C38H54N2O6. The lowest BCUT2D eigenvalue weighted by atomic mass is 9.33. The summed E-state index contributed by atoms with van der Waals surface area (Å²) in [5.41, 5.74) is 0.705. The molecule has 0 aromatic heterocycles. The number of rotatable bonds is 4. The number of fused-ring (bicyclic) bond motifs is 7. The first-order chi connectivity index (χ1) is 21.3. The van der Waals surface area contributed by atoms with Gasteiger partial charge < -0.3 is 15.3 Å². The minimum absolute atomic E-state index is 0.0307. The van der Waals surface area contributed by atoms with E-state index in [0.717, 1.165) is 51.4 Å². The van der Waals surface area contributed by atoms with Crippen LogP contribution in [0.25, 0.3) is 0 Å². The minimum atomic E-state index is -0.996. The highest BCUT2D eigenvalue weighted by Crippen LogP contribution is 2.75. The predicted molar refractivity (Wildman–Crippen MR) is 176 cm³/mol. The monoisotopic (exact) mass is 634 g/mol. The number of hydrogen-bond acceptors (Lipinski definition) is 6. The molecule has 1 unspecified atom stereocenters. The molecule has 4 fully saturated rings. The molecule has 0 heterocycles. The molecule has 0 saturated heterocycles. The molecule has 1 amide bonds. The number of ketones is 1. The Morgan fingerprint density at radius 1 is 0.935 bits per heavy atom. The van der Waals surface area contributed by atoms with Crippen molar-refractivity contribution in [1.82, 2.24) is 0 Å². The fourth-order valence-electron chi connectivity index (χ4n) is 11.8. The zero-order valence-corrected chi connectivity index (χ0v) is 29.0. The Morgan fingerprint density at radius 2 is 1.59 bits per heavy atom. The Hall–Kier alpha value is -2.55. The van der Waals surface area contributed by atoms with Gasteiger partial charge in [-0.25, -0.2) is 5.21 Å². The van der Waals surface area contributed by atoms with E-state index in [-0.39, 0.29) is 74.3 Å². The lowest BCUT2D eigenvalue weighted by Gasteiger charge is -2.70. The Kier molecular flexibility index (Phi) is 7.78. The van der Waals surface area contributed by atoms with Crippen LogP contribution in [-0.4, -0.2) is 29.0 Å². The van der Waals surface area contributed by atoms with Gasteiger partial charge in [-0.3, -0.25) is 14.4 Å². The fraction of sp³-hybridized carbons (Fsp3) is 0.711. The number of anilines is 1. The average Bonchev–Trinajstić information content (AvgIpc) is 2.96. The van der Waals surface area contributed by atoms with Crippen molar-refractivity contribution in [1.29, 1.82) is 0 Å². The smallest absolute Gasteiger partial charge is 0.302 e. The van der Waals surface area contributed by atoms with Crippen LogP contribution < -0.4 is 10.5 Å². The first kappa shape index (κ1) is 33.4. The molecule has 46 heavy (non-hydrogen) atoms. The minimum Gasteiger partial charge on any atom is -0.595 e. The molecule has 8 nitrogen and oxygen atoms in total. The van der Waals surface area contributed by atoms with Crippen LogP contribution in [0.2, 0.25) is 0 Å².